The molecule has 0 radical (unpaired) electrons. The summed E-state index contributed by atoms with van der Waals surface area (Å²) in [5, 5.41) is 0. The Kier molecular flexibility index (Phi) is 4.37. The van der Waals surface area contributed by atoms with Gasteiger partial charge in [-0.15, -0.1) is 0 Å². The van der Waals surface area contributed by atoms with E-state index >= 15 is 0 Å². The fraction of sp³-hybridized carbons (Fsp3) is 0.333. The van der Waals surface area contributed by atoms with Crippen LogP contribution in [0.25, 0.3) is 0 Å². The van der Waals surface area contributed by atoms with Crippen LogP contribution in [0.15, 0.2) is 10.9 Å². The van der Waals surface area contributed by atoms with E-state index in [1.807, 2.05) is 0 Å². The van der Waals surface area contributed by atoms with Crippen LogP contribution < -0.4 is 11.3 Å². The Labute approximate surface area is 130 Å². The molecule has 0 fully saturated rings. The Hall–Kier alpha value is -2.54. The lowest BCUT2D eigenvalue weighted by Crippen LogP contribution is -2.18. The van der Waals surface area contributed by atoms with Gasteiger partial charge < -0.3 is 5.73 Å². The van der Waals surface area contributed by atoms with Gasteiger partial charge in [0.25, 0.3) is 5.56 Å². The average molecular weight is 295 g/mol. The Morgan fingerprint density at radius 3 is 2.27 bits per heavy atom. The summed E-state index contributed by atoms with van der Waals surface area (Å²) in [5.41, 5.74) is 12.4. The molecule has 4 heteroatoms. The number of aromatic amines is 1. The highest BCUT2D eigenvalue weighted by atomic mass is 16.1. The van der Waals surface area contributed by atoms with Crippen molar-refractivity contribution < 1.29 is 0 Å². The van der Waals surface area contributed by atoms with Crippen LogP contribution in [0.3, 0.4) is 0 Å². The monoisotopic (exact) mass is 295 g/mol. The van der Waals surface area contributed by atoms with Gasteiger partial charge in [-0.2, -0.15) is 0 Å². The highest BCUT2D eigenvalue weighted by molar-refractivity contribution is 5.53. The molecule has 0 saturated heterocycles. The third-order valence-electron chi connectivity index (χ3n) is 4.09. The van der Waals surface area contributed by atoms with E-state index in [2.05, 4.69) is 55.6 Å². The van der Waals surface area contributed by atoms with Gasteiger partial charge >= 0.3 is 0 Å². The zero-order valence-corrected chi connectivity index (χ0v) is 13.7. The van der Waals surface area contributed by atoms with Crippen molar-refractivity contribution in [3.8, 4) is 11.8 Å². The Morgan fingerprint density at radius 1 is 1.14 bits per heavy atom. The average Bonchev–Trinajstić information content (AvgIpc) is 2.42. The smallest absolute Gasteiger partial charge is 0.256 e. The summed E-state index contributed by atoms with van der Waals surface area (Å²) in [5.74, 6) is 6.46. The number of aromatic nitrogens is 2. The predicted molar refractivity (Wildman–Crippen MR) is 90.0 cm³/mol. The molecule has 0 spiro atoms. The molecular weight excluding hydrogens is 274 g/mol. The number of anilines is 1. The SMILES string of the molecule is Cc1cc(C)c(C)c(C#CCc2c(C)nc(N)[nH]c2=O)c1C. The first-order valence-corrected chi connectivity index (χ1v) is 7.22. The summed E-state index contributed by atoms with van der Waals surface area (Å²) in [6.07, 6.45) is 0.361. The van der Waals surface area contributed by atoms with Crippen LogP contribution in [0.2, 0.25) is 0 Å². The molecule has 1 aromatic heterocycles. The molecule has 2 rings (SSSR count). The van der Waals surface area contributed by atoms with Gasteiger partial charge in [0.15, 0.2) is 0 Å². The van der Waals surface area contributed by atoms with Crippen molar-refractivity contribution in [2.24, 2.45) is 0 Å². The van der Waals surface area contributed by atoms with Crippen LogP contribution in [0.4, 0.5) is 5.95 Å². The van der Waals surface area contributed by atoms with Crippen LogP contribution in [0.5, 0.6) is 0 Å². The molecule has 0 aliphatic carbocycles. The second-order valence-electron chi connectivity index (χ2n) is 5.63. The van der Waals surface area contributed by atoms with Gasteiger partial charge in [0, 0.05) is 12.0 Å². The van der Waals surface area contributed by atoms with Gasteiger partial charge in [-0.1, -0.05) is 17.9 Å². The van der Waals surface area contributed by atoms with Gasteiger partial charge in [0.1, 0.15) is 0 Å². The van der Waals surface area contributed by atoms with Crippen LogP contribution in [-0.2, 0) is 6.42 Å². The Morgan fingerprint density at radius 2 is 1.73 bits per heavy atom. The molecule has 0 amide bonds. The highest BCUT2D eigenvalue weighted by Gasteiger charge is 2.07. The lowest BCUT2D eigenvalue weighted by Gasteiger charge is -2.10. The molecule has 0 unspecified atom stereocenters. The molecule has 2 aromatic rings. The number of aryl methyl sites for hydroxylation is 3. The van der Waals surface area contributed by atoms with Crippen molar-refractivity contribution >= 4 is 5.95 Å². The van der Waals surface area contributed by atoms with E-state index in [1.165, 1.54) is 22.3 Å². The zero-order valence-electron chi connectivity index (χ0n) is 13.7. The van der Waals surface area contributed by atoms with Crippen LogP contribution in [-0.4, -0.2) is 9.97 Å². The summed E-state index contributed by atoms with van der Waals surface area (Å²) in [4.78, 5) is 18.5. The van der Waals surface area contributed by atoms with Gasteiger partial charge in [0.2, 0.25) is 5.95 Å². The van der Waals surface area contributed by atoms with Crippen molar-refractivity contribution in [2.75, 3.05) is 5.73 Å². The zero-order chi connectivity index (χ0) is 16.4. The summed E-state index contributed by atoms with van der Waals surface area (Å²) < 4.78 is 0. The minimum Gasteiger partial charge on any atom is -0.369 e. The van der Waals surface area contributed by atoms with E-state index in [4.69, 9.17) is 5.73 Å². The standard InChI is InChI=1S/C18H21N3O/c1-10-9-11(2)13(4)15(12(10)3)7-6-8-16-14(5)20-18(19)21-17(16)22/h9H,8H2,1-5H3,(H3,19,20,21,22). The number of nitrogens with zero attached hydrogens (tertiary/aromatic N) is 1. The van der Waals surface area contributed by atoms with Gasteiger partial charge in [0.05, 0.1) is 11.3 Å². The number of nitrogens with one attached hydrogen (secondary N) is 1. The van der Waals surface area contributed by atoms with E-state index in [9.17, 15) is 4.79 Å². The maximum atomic E-state index is 11.9. The molecule has 22 heavy (non-hydrogen) atoms. The third kappa shape index (κ3) is 3.04. The van der Waals surface area contributed by atoms with E-state index < -0.39 is 0 Å². The number of benzene rings is 1. The van der Waals surface area contributed by atoms with Gasteiger partial charge in [-0.05, 0) is 56.9 Å². The number of nitrogens with two attached hydrogens (primary N) is 1. The minimum absolute atomic E-state index is 0.139. The number of H-pyrrole nitrogens is 1. The fourth-order valence-corrected chi connectivity index (χ4v) is 2.47. The predicted octanol–water partition coefficient (Wildman–Crippen LogP) is 2.49. The van der Waals surface area contributed by atoms with E-state index in [-0.39, 0.29) is 11.5 Å². The summed E-state index contributed by atoms with van der Waals surface area (Å²) in [6, 6.07) is 2.18. The molecule has 3 N–H and O–H groups in total. The normalized spacial score (nSPS) is 10.2. The quantitative estimate of drug-likeness (QED) is 0.794. The highest BCUT2D eigenvalue weighted by Crippen LogP contribution is 2.20. The van der Waals surface area contributed by atoms with Crippen molar-refractivity contribution in [2.45, 2.75) is 41.0 Å². The second kappa shape index (κ2) is 6.07. The topological polar surface area (TPSA) is 71.8 Å². The van der Waals surface area contributed by atoms with Crippen molar-refractivity contribution in [3.05, 3.63) is 55.5 Å². The summed E-state index contributed by atoms with van der Waals surface area (Å²) >= 11 is 0. The van der Waals surface area contributed by atoms with Crippen molar-refractivity contribution in [1.82, 2.24) is 9.97 Å². The molecule has 4 nitrogen and oxygen atoms in total. The lowest BCUT2D eigenvalue weighted by molar-refractivity contribution is 1.01. The molecule has 1 heterocycles. The van der Waals surface area contributed by atoms with Crippen LogP contribution in [0.1, 0.15) is 39.1 Å². The first kappa shape index (κ1) is 15.8. The molecule has 114 valence electrons. The molecule has 0 bridgehead atoms. The van der Waals surface area contributed by atoms with Gasteiger partial charge in [-0.25, -0.2) is 4.98 Å². The molecule has 0 aliphatic heterocycles. The van der Waals surface area contributed by atoms with E-state index in [0.29, 0.717) is 17.7 Å². The molecular formula is C18H21N3O. The van der Waals surface area contributed by atoms with Crippen molar-refractivity contribution in [3.63, 3.8) is 0 Å². The van der Waals surface area contributed by atoms with E-state index in [1.54, 1.807) is 6.92 Å². The first-order chi connectivity index (χ1) is 10.3. The van der Waals surface area contributed by atoms with E-state index in [0.717, 1.165) is 5.56 Å². The number of rotatable bonds is 1. The third-order valence-corrected chi connectivity index (χ3v) is 4.09. The maximum Gasteiger partial charge on any atom is 0.256 e. The van der Waals surface area contributed by atoms with Gasteiger partial charge in [-0.3, -0.25) is 9.78 Å². The first-order valence-electron chi connectivity index (χ1n) is 7.22. The summed E-state index contributed by atoms with van der Waals surface area (Å²) in [7, 11) is 0. The lowest BCUT2D eigenvalue weighted by atomic mass is 9.94. The molecule has 1 aromatic carbocycles. The Balaban J connectivity index is 2.40. The number of hydrogen-bond acceptors (Lipinski definition) is 3. The molecule has 0 saturated carbocycles. The minimum atomic E-state index is -0.215. The Bertz CT molecular complexity index is 825. The molecule has 0 aliphatic rings. The fourth-order valence-electron chi connectivity index (χ4n) is 2.47. The molecule has 0 atom stereocenters. The number of nitrogen functional groups attached to an aromatic ring is 1. The van der Waals surface area contributed by atoms with Crippen LogP contribution >= 0.6 is 0 Å². The van der Waals surface area contributed by atoms with Crippen LogP contribution in [0, 0.1) is 46.5 Å². The largest absolute Gasteiger partial charge is 0.369 e. The number of hydrogen-bond donors (Lipinski definition) is 2. The maximum absolute atomic E-state index is 11.9. The second-order valence-corrected chi connectivity index (χ2v) is 5.63. The van der Waals surface area contributed by atoms with Crippen molar-refractivity contribution in [1.29, 1.82) is 0 Å². The summed E-state index contributed by atoms with van der Waals surface area (Å²) in [6.45, 7) is 10.1.